The van der Waals surface area contributed by atoms with Gasteiger partial charge in [0.2, 0.25) is 5.95 Å². The monoisotopic (exact) mass is 375 g/mol. The highest BCUT2D eigenvalue weighted by Gasteiger charge is 2.11. The number of carbonyl (C=O) groups is 1. The molecule has 1 heterocycles. The summed E-state index contributed by atoms with van der Waals surface area (Å²) in [6, 6.07) is 17.6. The Morgan fingerprint density at radius 3 is 2.29 bits per heavy atom. The largest absolute Gasteiger partial charge is 0.378 e. The van der Waals surface area contributed by atoms with Crippen molar-refractivity contribution < 1.29 is 4.79 Å². The van der Waals surface area contributed by atoms with Crippen molar-refractivity contribution in [2.45, 2.75) is 20.4 Å². The Labute approximate surface area is 165 Å². The van der Waals surface area contributed by atoms with Gasteiger partial charge in [-0.15, -0.1) is 0 Å². The highest BCUT2D eigenvalue weighted by Crippen LogP contribution is 2.17. The van der Waals surface area contributed by atoms with Crippen LogP contribution in [0.5, 0.6) is 0 Å². The Morgan fingerprint density at radius 1 is 0.964 bits per heavy atom. The van der Waals surface area contributed by atoms with Crippen molar-refractivity contribution in [1.29, 1.82) is 0 Å². The molecule has 0 aliphatic heterocycles. The van der Waals surface area contributed by atoms with Crippen LogP contribution in [-0.4, -0.2) is 30.0 Å². The van der Waals surface area contributed by atoms with E-state index in [1.807, 2.05) is 50.2 Å². The zero-order valence-electron chi connectivity index (χ0n) is 16.7. The van der Waals surface area contributed by atoms with Gasteiger partial charge >= 0.3 is 0 Å². The van der Waals surface area contributed by atoms with Crippen molar-refractivity contribution >= 4 is 23.2 Å². The molecule has 2 aromatic carbocycles. The summed E-state index contributed by atoms with van der Waals surface area (Å²) in [6.45, 7) is 4.50. The van der Waals surface area contributed by atoms with Gasteiger partial charge in [-0.1, -0.05) is 29.8 Å². The first kappa shape index (κ1) is 19.4. The van der Waals surface area contributed by atoms with E-state index in [9.17, 15) is 4.79 Å². The molecule has 0 saturated carbocycles. The van der Waals surface area contributed by atoms with E-state index in [0.29, 0.717) is 18.2 Å². The lowest BCUT2D eigenvalue weighted by Gasteiger charge is -2.13. The Hall–Kier alpha value is -3.41. The van der Waals surface area contributed by atoms with Gasteiger partial charge in [0.1, 0.15) is 5.69 Å². The third-order valence-corrected chi connectivity index (χ3v) is 4.30. The van der Waals surface area contributed by atoms with Crippen LogP contribution in [0.25, 0.3) is 0 Å². The fourth-order valence-corrected chi connectivity index (χ4v) is 2.69. The molecule has 2 N–H and O–H groups in total. The number of aryl methyl sites for hydroxylation is 2. The zero-order valence-corrected chi connectivity index (χ0v) is 16.7. The van der Waals surface area contributed by atoms with Crippen LogP contribution in [0.3, 0.4) is 0 Å². The van der Waals surface area contributed by atoms with Gasteiger partial charge < -0.3 is 15.5 Å². The molecule has 3 rings (SSSR count). The van der Waals surface area contributed by atoms with Crippen LogP contribution in [0.4, 0.5) is 17.3 Å². The molecular weight excluding hydrogens is 350 g/mol. The summed E-state index contributed by atoms with van der Waals surface area (Å²) < 4.78 is 0. The standard InChI is InChI=1S/C22H25N5O/c1-15-5-7-17(8-6-15)14-23-22-24-16(2)13-20(26-22)21(28)25-18-9-11-19(12-10-18)27(3)4/h5-13H,14H2,1-4H3,(H,25,28)(H,23,24,26). The van der Waals surface area contributed by atoms with E-state index in [0.717, 1.165) is 22.6 Å². The maximum Gasteiger partial charge on any atom is 0.274 e. The molecule has 0 bridgehead atoms. The molecule has 0 radical (unpaired) electrons. The van der Waals surface area contributed by atoms with Crippen molar-refractivity contribution in [3.8, 4) is 0 Å². The van der Waals surface area contributed by atoms with Crippen molar-refractivity contribution in [2.24, 2.45) is 0 Å². The van der Waals surface area contributed by atoms with Crippen LogP contribution < -0.4 is 15.5 Å². The number of anilines is 3. The highest BCUT2D eigenvalue weighted by atomic mass is 16.1. The Kier molecular flexibility index (Phi) is 5.89. The summed E-state index contributed by atoms with van der Waals surface area (Å²) in [5.41, 5.74) is 5.19. The first-order chi connectivity index (χ1) is 13.4. The van der Waals surface area contributed by atoms with Gasteiger partial charge in [-0.25, -0.2) is 9.97 Å². The van der Waals surface area contributed by atoms with Crippen molar-refractivity contribution in [3.05, 3.63) is 77.1 Å². The lowest BCUT2D eigenvalue weighted by molar-refractivity contribution is 0.102. The quantitative estimate of drug-likeness (QED) is 0.681. The molecule has 0 fully saturated rings. The van der Waals surface area contributed by atoms with Gasteiger partial charge in [0.25, 0.3) is 5.91 Å². The lowest BCUT2D eigenvalue weighted by atomic mass is 10.1. The van der Waals surface area contributed by atoms with Crippen molar-refractivity contribution in [1.82, 2.24) is 9.97 Å². The van der Waals surface area contributed by atoms with Crippen LogP contribution in [0.1, 0.15) is 27.3 Å². The molecule has 6 heteroatoms. The lowest BCUT2D eigenvalue weighted by Crippen LogP contribution is -2.16. The second kappa shape index (κ2) is 8.52. The van der Waals surface area contributed by atoms with Crippen LogP contribution in [0.15, 0.2) is 54.6 Å². The van der Waals surface area contributed by atoms with E-state index in [1.54, 1.807) is 6.07 Å². The molecule has 1 aromatic heterocycles. The number of aromatic nitrogens is 2. The first-order valence-electron chi connectivity index (χ1n) is 9.14. The van der Waals surface area contributed by atoms with Gasteiger partial charge in [0, 0.05) is 37.7 Å². The Morgan fingerprint density at radius 2 is 1.64 bits per heavy atom. The maximum absolute atomic E-state index is 12.6. The number of amides is 1. The van der Waals surface area contributed by atoms with E-state index in [-0.39, 0.29) is 5.91 Å². The number of carbonyl (C=O) groups excluding carboxylic acids is 1. The smallest absolute Gasteiger partial charge is 0.274 e. The molecule has 6 nitrogen and oxygen atoms in total. The number of rotatable bonds is 6. The summed E-state index contributed by atoms with van der Waals surface area (Å²) in [7, 11) is 3.95. The molecule has 1 amide bonds. The topological polar surface area (TPSA) is 70.2 Å². The summed E-state index contributed by atoms with van der Waals surface area (Å²) in [4.78, 5) is 23.4. The van der Waals surface area contributed by atoms with Crippen LogP contribution in [0, 0.1) is 13.8 Å². The molecule has 3 aromatic rings. The third-order valence-electron chi connectivity index (χ3n) is 4.30. The predicted octanol–water partition coefficient (Wildman–Crippen LogP) is 4.02. The first-order valence-corrected chi connectivity index (χ1v) is 9.14. The van der Waals surface area contributed by atoms with Gasteiger partial charge in [-0.2, -0.15) is 0 Å². The van der Waals surface area contributed by atoms with Crippen LogP contribution in [-0.2, 0) is 6.54 Å². The van der Waals surface area contributed by atoms with E-state index in [2.05, 4.69) is 51.8 Å². The van der Waals surface area contributed by atoms with Crippen molar-refractivity contribution in [3.63, 3.8) is 0 Å². The summed E-state index contributed by atoms with van der Waals surface area (Å²) >= 11 is 0. The minimum Gasteiger partial charge on any atom is -0.378 e. The molecule has 0 aliphatic carbocycles. The third kappa shape index (κ3) is 5.07. The number of hydrogen-bond donors (Lipinski definition) is 2. The summed E-state index contributed by atoms with van der Waals surface area (Å²) in [5, 5.41) is 6.08. The Bertz CT molecular complexity index is 950. The number of hydrogen-bond acceptors (Lipinski definition) is 5. The predicted molar refractivity (Wildman–Crippen MR) is 114 cm³/mol. The van der Waals surface area contributed by atoms with Crippen LogP contribution in [0.2, 0.25) is 0 Å². The summed E-state index contributed by atoms with van der Waals surface area (Å²) in [6.07, 6.45) is 0. The van der Waals surface area contributed by atoms with Gasteiger partial charge in [-0.3, -0.25) is 4.79 Å². The van der Waals surface area contributed by atoms with E-state index >= 15 is 0 Å². The van der Waals surface area contributed by atoms with E-state index in [4.69, 9.17) is 0 Å². The van der Waals surface area contributed by atoms with Crippen molar-refractivity contribution in [2.75, 3.05) is 29.6 Å². The number of benzene rings is 2. The molecule has 0 atom stereocenters. The van der Waals surface area contributed by atoms with Gasteiger partial charge in [-0.05, 0) is 49.7 Å². The minimum atomic E-state index is -0.263. The van der Waals surface area contributed by atoms with E-state index in [1.165, 1.54) is 5.56 Å². The maximum atomic E-state index is 12.6. The van der Waals surface area contributed by atoms with Crippen LogP contribution >= 0.6 is 0 Å². The average molecular weight is 375 g/mol. The molecular formula is C22H25N5O. The minimum absolute atomic E-state index is 0.263. The fraction of sp³-hybridized carbons (Fsp3) is 0.227. The molecule has 0 unspecified atom stereocenters. The average Bonchev–Trinajstić information content (AvgIpc) is 2.67. The van der Waals surface area contributed by atoms with Gasteiger partial charge in [0.05, 0.1) is 0 Å². The van der Waals surface area contributed by atoms with E-state index < -0.39 is 0 Å². The number of nitrogens with one attached hydrogen (secondary N) is 2. The van der Waals surface area contributed by atoms with Gasteiger partial charge in [0.15, 0.2) is 0 Å². The molecule has 0 saturated heterocycles. The fourth-order valence-electron chi connectivity index (χ4n) is 2.69. The Balaban J connectivity index is 1.69. The second-order valence-corrected chi connectivity index (χ2v) is 6.95. The number of nitrogens with zero attached hydrogens (tertiary/aromatic N) is 3. The molecule has 144 valence electrons. The highest BCUT2D eigenvalue weighted by molar-refractivity contribution is 6.03. The SMILES string of the molecule is Cc1ccc(CNc2nc(C)cc(C(=O)Nc3ccc(N(C)C)cc3)n2)cc1. The molecule has 28 heavy (non-hydrogen) atoms. The summed E-state index contributed by atoms with van der Waals surface area (Å²) in [5.74, 6) is 0.176. The zero-order chi connectivity index (χ0) is 20.1. The molecule has 0 aliphatic rings. The second-order valence-electron chi connectivity index (χ2n) is 6.95. The molecule has 0 spiro atoms. The normalized spacial score (nSPS) is 10.4.